The van der Waals surface area contributed by atoms with Crippen LogP contribution in [0.3, 0.4) is 0 Å². The van der Waals surface area contributed by atoms with Gasteiger partial charge in [0, 0.05) is 44.4 Å². The SMILES string of the molecule is CC(C)(NCC1CC1)C(=O)N1CCN(C(=O)c2cc(Cc3n[nH]c(=O)c4ccccc34)cc3c2OCC3)CC1. The second-order valence-corrected chi connectivity index (χ2v) is 11.5. The minimum Gasteiger partial charge on any atom is -0.492 e. The Kier molecular flexibility index (Phi) is 6.62. The van der Waals surface area contributed by atoms with Gasteiger partial charge in [-0.3, -0.25) is 14.4 Å². The largest absolute Gasteiger partial charge is 0.492 e. The van der Waals surface area contributed by atoms with Gasteiger partial charge in [0.2, 0.25) is 5.91 Å². The summed E-state index contributed by atoms with van der Waals surface area (Å²) in [5, 5.41) is 11.8. The Labute approximate surface area is 227 Å². The van der Waals surface area contributed by atoms with Crippen molar-refractivity contribution in [3.8, 4) is 5.75 Å². The molecule has 6 rings (SSSR count). The van der Waals surface area contributed by atoms with Gasteiger partial charge < -0.3 is 19.9 Å². The number of piperazine rings is 1. The van der Waals surface area contributed by atoms with Crippen molar-refractivity contribution >= 4 is 22.6 Å². The van der Waals surface area contributed by atoms with E-state index < -0.39 is 5.54 Å². The van der Waals surface area contributed by atoms with E-state index in [2.05, 4.69) is 21.6 Å². The fraction of sp³-hybridized carbons (Fsp3) is 0.467. The molecule has 0 unspecified atom stereocenters. The quantitative estimate of drug-likeness (QED) is 0.487. The van der Waals surface area contributed by atoms with Crippen LogP contribution in [-0.4, -0.2) is 76.7 Å². The van der Waals surface area contributed by atoms with Crippen molar-refractivity contribution in [2.24, 2.45) is 5.92 Å². The number of amides is 2. The molecule has 0 radical (unpaired) electrons. The third kappa shape index (κ3) is 5.15. The van der Waals surface area contributed by atoms with Crippen LogP contribution in [0.25, 0.3) is 10.8 Å². The van der Waals surface area contributed by atoms with Crippen LogP contribution in [0, 0.1) is 5.92 Å². The van der Waals surface area contributed by atoms with Crippen molar-refractivity contribution in [1.29, 1.82) is 0 Å². The van der Waals surface area contributed by atoms with Crippen LogP contribution in [0.5, 0.6) is 5.75 Å². The zero-order chi connectivity index (χ0) is 27.1. The lowest BCUT2D eigenvalue weighted by Crippen LogP contribution is -2.59. The first-order valence-corrected chi connectivity index (χ1v) is 13.9. The number of H-pyrrole nitrogens is 1. The molecule has 2 fully saturated rings. The predicted octanol–water partition coefficient (Wildman–Crippen LogP) is 2.51. The van der Waals surface area contributed by atoms with E-state index in [4.69, 9.17) is 4.74 Å². The summed E-state index contributed by atoms with van der Waals surface area (Å²) in [7, 11) is 0. The predicted molar refractivity (Wildman–Crippen MR) is 148 cm³/mol. The van der Waals surface area contributed by atoms with Gasteiger partial charge in [0.15, 0.2) is 0 Å². The second-order valence-electron chi connectivity index (χ2n) is 11.5. The molecule has 2 N–H and O–H groups in total. The van der Waals surface area contributed by atoms with Gasteiger partial charge in [0.05, 0.1) is 28.8 Å². The molecule has 204 valence electrons. The van der Waals surface area contributed by atoms with Crippen LogP contribution in [0.1, 0.15) is 53.9 Å². The summed E-state index contributed by atoms with van der Waals surface area (Å²) in [4.78, 5) is 42.9. The van der Waals surface area contributed by atoms with Crippen LogP contribution in [0.2, 0.25) is 0 Å². The Hall–Kier alpha value is -3.72. The number of carbonyl (C=O) groups excluding carboxylic acids is 2. The highest BCUT2D eigenvalue weighted by molar-refractivity contribution is 5.98. The number of aromatic amines is 1. The number of nitrogens with zero attached hydrogens (tertiary/aromatic N) is 3. The maximum Gasteiger partial charge on any atom is 0.272 e. The summed E-state index contributed by atoms with van der Waals surface area (Å²) in [5.74, 6) is 1.37. The molecule has 2 aliphatic heterocycles. The van der Waals surface area contributed by atoms with E-state index in [1.807, 2.05) is 47.9 Å². The smallest absolute Gasteiger partial charge is 0.272 e. The molecule has 0 bridgehead atoms. The fourth-order valence-corrected chi connectivity index (χ4v) is 5.61. The number of ether oxygens (including phenoxy) is 1. The van der Waals surface area contributed by atoms with Gasteiger partial charge in [0.25, 0.3) is 11.5 Å². The van der Waals surface area contributed by atoms with Gasteiger partial charge in [-0.15, -0.1) is 0 Å². The molecule has 2 amide bonds. The topological polar surface area (TPSA) is 108 Å². The summed E-state index contributed by atoms with van der Waals surface area (Å²) in [6, 6.07) is 11.4. The minimum atomic E-state index is -0.613. The molecule has 3 aliphatic rings. The fourth-order valence-electron chi connectivity index (χ4n) is 5.61. The molecule has 0 spiro atoms. The van der Waals surface area contributed by atoms with Crippen LogP contribution < -0.4 is 15.6 Å². The number of hydrogen-bond donors (Lipinski definition) is 2. The van der Waals surface area contributed by atoms with E-state index in [-0.39, 0.29) is 17.4 Å². The molecule has 1 aromatic heterocycles. The first-order chi connectivity index (χ1) is 18.8. The molecule has 1 saturated carbocycles. The summed E-state index contributed by atoms with van der Waals surface area (Å²) < 4.78 is 5.90. The van der Waals surface area contributed by atoms with Crippen molar-refractivity contribution in [3.63, 3.8) is 0 Å². The lowest BCUT2D eigenvalue weighted by Gasteiger charge is -2.39. The van der Waals surface area contributed by atoms with Crippen LogP contribution in [0.4, 0.5) is 0 Å². The zero-order valence-corrected chi connectivity index (χ0v) is 22.6. The molecular weight excluding hydrogens is 494 g/mol. The van der Waals surface area contributed by atoms with Crippen LogP contribution in [-0.2, 0) is 17.6 Å². The standard InChI is InChI=1S/C30H35N5O4/c1-30(2,31-18-19-7-8-19)29(38)35-12-10-34(11-13-35)28(37)24-16-20(15-21-9-14-39-26(21)24)17-25-22-5-3-4-6-23(22)27(36)33-32-25/h3-6,15-16,19,31H,7-14,17-18H2,1-2H3,(H,33,36). The molecule has 9 heteroatoms. The van der Waals surface area contributed by atoms with Gasteiger partial charge >= 0.3 is 0 Å². The van der Waals surface area contributed by atoms with Gasteiger partial charge in [-0.2, -0.15) is 5.10 Å². The second kappa shape index (κ2) is 10.1. The van der Waals surface area contributed by atoms with Crippen molar-refractivity contribution < 1.29 is 14.3 Å². The highest BCUT2D eigenvalue weighted by atomic mass is 16.5. The van der Waals surface area contributed by atoms with Gasteiger partial charge in [0.1, 0.15) is 5.75 Å². The van der Waals surface area contributed by atoms with Crippen molar-refractivity contribution in [2.75, 3.05) is 39.3 Å². The Morgan fingerprint density at radius 3 is 2.54 bits per heavy atom. The average Bonchev–Trinajstić information content (AvgIpc) is 3.67. The highest BCUT2D eigenvalue weighted by Crippen LogP contribution is 2.33. The van der Waals surface area contributed by atoms with E-state index in [1.165, 1.54) is 12.8 Å². The number of carbonyl (C=O) groups is 2. The molecule has 1 saturated heterocycles. The molecule has 1 aliphatic carbocycles. The Morgan fingerprint density at radius 1 is 1.08 bits per heavy atom. The Morgan fingerprint density at radius 2 is 1.79 bits per heavy atom. The lowest BCUT2D eigenvalue weighted by atomic mass is 9.97. The summed E-state index contributed by atoms with van der Waals surface area (Å²) >= 11 is 0. The molecule has 2 aromatic carbocycles. The molecule has 0 atom stereocenters. The number of benzene rings is 2. The molecule has 39 heavy (non-hydrogen) atoms. The minimum absolute atomic E-state index is 0.0764. The maximum absolute atomic E-state index is 13.7. The van der Waals surface area contributed by atoms with Crippen LogP contribution >= 0.6 is 0 Å². The van der Waals surface area contributed by atoms with Gasteiger partial charge in [-0.05, 0) is 62.4 Å². The van der Waals surface area contributed by atoms with Crippen molar-refractivity contribution in [2.45, 2.75) is 45.1 Å². The Balaban J connectivity index is 1.18. The van der Waals surface area contributed by atoms with Crippen molar-refractivity contribution in [1.82, 2.24) is 25.3 Å². The first-order valence-electron chi connectivity index (χ1n) is 13.9. The lowest BCUT2D eigenvalue weighted by molar-refractivity contribution is -0.138. The van der Waals surface area contributed by atoms with Gasteiger partial charge in [-0.25, -0.2) is 5.10 Å². The normalized spacial score (nSPS) is 17.3. The van der Waals surface area contributed by atoms with E-state index in [0.717, 1.165) is 35.2 Å². The number of aromatic nitrogens is 2. The zero-order valence-electron chi connectivity index (χ0n) is 22.6. The van der Waals surface area contributed by atoms with Crippen molar-refractivity contribution in [3.05, 3.63) is 69.1 Å². The third-order valence-electron chi connectivity index (χ3n) is 8.14. The molecular formula is C30H35N5O4. The monoisotopic (exact) mass is 529 g/mol. The third-order valence-corrected chi connectivity index (χ3v) is 8.14. The van der Waals surface area contributed by atoms with E-state index >= 15 is 0 Å². The molecule has 3 heterocycles. The number of hydrogen-bond acceptors (Lipinski definition) is 6. The summed E-state index contributed by atoms with van der Waals surface area (Å²) in [6.45, 7) is 7.30. The average molecular weight is 530 g/mol. The first kappa shape index (κ1) is 25.6. The number of fused-ring (bicyclic) bond motifs is 2. The van der Waals surface area contributed by atoms with Crippen LogP contribution in [0.15, 0.2) is 41.2 Å². The molecule has 3 aromatic rings. The van der Waals surface area contributed by atoms with Gasteiger partial charge in [-0.1, -0.05) is 24.3 Å². The summed E-state index contributed by atoms with van der Waals surface area (Å²) in [6.07, 6.45) is 3.71. The summed E-state index contributed by atoms with van der Waals surface area (Å²) in [5.41, 5.74) is 2.45. The highest BCUT2D eigenvalue weighted by Gasteiger charge is 2.36. The number of rotatable bonds is 7. The molecule has 9 nitrogen and oxygen atoms in total. The van der Waals surface area contributed by atoms with E-state index in [0.29, 0.717) is 61.8 Å². The number of nitrogens with one attached hydrogen (secondary N) is 2. The van der Waals surface area contributed by atoms with E-state index in [1.54, 1.807) is 6.07 Å². The Bertz CT molecular complexity index is 1480. The maximum atomic E-state index is 13.7. The van der Waals surface area contributed by atoms with E-state index in [9.17, 15) is 14.4 Å².